The molecule has 0 atom stereocenters. The molecular formula is C20H19N3O3S. The summed E-state index contributed by atoms with van der Waals surface area (Å²) in [6.45, 7) is 0. The molecule has 0 aliphatic carbocycles. The first-order chi connectivity index (χ1) is 13.1. The summed E-state index contributed by atoms with van der Waals surface area (Å²) in [5, 5.41) is 3.57. The number of esters is 1. The number of nitrogens with one attached hydrogen (secondary N) is 1. The highest BCUT2D eigenvalue weighted by Gasteiger charge is 2.11. The van der Waals surface area contributed by atoms with E-state index in [1.807, 2.05) is 41.9 Å². The van der Waals surface area contributed by atoms with E-state index in [2.05, 4.69) is 15.0 Å². The second-order valence-corrected chi connectivity index (χ2v) is 6.70. The Balaban J connectivity index is 1.58. The average molecular weight is 381 g/mol. The Morgan fingerprint density at radius 2 is 1.81 bits per heavy atom. The number of benzene rings is 2. The molecule has 7 heteroatoms. The minimum Gasteiger partial charge on any atom is -0.465 e. The third kappa shape index (κ3) is 4.57. The second kappa shape index (κ2) is 8.55. The fourth-order valence-electron chi connectivity index (χ4n) is 2.54. The van der Waals surface area contributed by atoms with E-state index >= 15 is 0 Å². The molecule has 1 aromatic heterocycles. The van der Waals surface area contributed by atoms with Crippen LogP contribution in [0.4, 0.5) is 5.69 Å². The number of imidazole rings is 1. The molecule has 138 valence electrons. The van der Waals surface area contributed by atoms with Crippen LogP contribution in [-0.2, 0) is 16.6 Å². The molecule has 0 saturated heterocycles. The summed E-state index contributed by atoms with van der Waals surface area (Å²) in [4.78, 5) is 28.0. The van der Waals surface area contributed by atoms with E-state index in [4.69, 9.17) is 0 Å². The summed E-state index contributed by atoms with van der Waals surface area (Å²) in [7, 11) is 3.26. The van der Waals surface area contributed by atoms with Crippen molar-refractivity contribution < 1.29 is 14.3 Å². The quantitative estimate of drug-likeness (QED) is 0.522. The van der Waals surface area contributed by atoms with Crippen LogP contribution in [0.1, 0.15) is 10.4 Å². The monoisotopic (exact) mass is 381 g/mol. The van der Waals surface area contributed by atoms with Crippen LogP contribution in [0.15, 0.2) is 66.0 Å². The van der Waals surface area contributed by atoms with E-state index in [9.17, 15) is 9.59 Å². The van der Waals surface area contributed by atoms with Gasteiger partial charge in [0.2, 0.25) is 5.91 Å². The van der Waals surface area contributed by atoms with E-state index < -0.39 is 5.97 Å². The Hall–Kier alpha value is -3.06. The summed E-state index contributed by atoms with van der Waals surface area (Å²) in [6.07, 6.45) is 1.81. The lowest BCUT2D eigenvalue weighted by Crippen LogP contribution is -2.14. The lowest BCUT2D eigenvalue weighted by Gasteiger charge is -2.07. The molecule has 0 saturated carbocycles. The number of rotatable bonds is 6. The molecule has 0 unspecified atom stereocenters. The number of aromatic nitrogens is 2. The van der Waals surface area contributed by atoms with Gasteiger partial charge in [-0.25, -0.2) is 9.78 Å². The number of ether oxygens (including phenoxy) is 1. The van der Waals surface area contributed by atoms with Crippen molar-refractivity contribution in [1.29, 1.82) is 0 Å². The van der Waals surface area contributed by atoms with Gasteiger partial charge in [0.25, 0.3) is 0 Å². The summed E-state index contributed by atoms with van der Waals surface area (Å²) in [5.74, 6) is -0.319. The van der Waals surface area contributed by atoms with Crippen LogP contribution in [0.25, 0.3) is 11.3 Å². The van der Waals surface area contributed by atoms with Gasteiger partial charge in [-0.3, -0.25) is 4.79 Å². The molecule has 1 heterocycles. The molecule has 2 aromatic carbocycles. The molecule has 0 bridgehead atoms. The standard InChI is InChI=1S/C20H19N3O3S/c1-23-17(14-6-4-3-5-7-14)12-21-20(23)27-13-18(24)22-16-10-8-15(9-11-16)19(25)26-2/h3-12H,13H2,1-2H3,(H,22,24). The maximum Gasteiger partial charge on any atom is 0.337 e. The maximum atomic E-state index is 12.2. The molecule has 3 rings (SSSR count). The first-order valence-corrected chi connectivity index (χ1v) is 9.25. The fourth-order valence-corrected chi connectivity index (χ4v) is 3.29. The van der Waals surface area contributed by atoms with Crippen LogP contribution >= 0.6 is 11.8 Å². The lowest BCUT2D eigenvalue weighted by atomic mass is 10.2. The zero-order chi connectivity index (χ0) is 19.2. The highest BCUT2D eigenvalue weighted by molar-refractivity contribution is 7.99. The number of nitrogens with zero attached hydrogens (tertiary/aromatic N) is 2. The summed E-state index contributed by atoms with van der Waals surface area (Å²) in [6, 6.07) is 16.5. The molecule has 6 nitrogen and oxygen atoms in total. The van der Waals surface area contributed by atoms with Gasteiger partial charge >= 0.3 is 5.97 Å². The number of hydrogen-bond donors (Lipinski definition) is 1. The van der Waals surface area contributed by atoms with Crippen LogP contribution < -0.4 is 5.32 Å². The van der Waals surface area contributed by atoms with Crippen LogP contribution in [0.3, 0.4) is 0 Å². The highest BCUT2D eigenvalue weighted by Crippen LogP contribution is 2.24. The predicted molar refractivity (Wildman–Crippen MR) is 106 cm³/mol. The van der Waals surface area contributed by atoms with E-state index in [0.29, 0.717) is 11.3 Å². The molecule has 3 aromatic rings. The highest BCUT2D eigenvalue weighted by atomic mass is 32.2. The zero-order valence-electron chi connectivity index (χ0n) is 15.0. The minimum atomic E-state index is -0.410. The summed E-state index contributed by atoms with van der Waals surface area (Å²) >= 11 is 1.37. The number of carbonyl (C=O) groups is 2. The third-order valence-corrected chi connectivity index (χ3v) is 4.98. The van der Waals surface area contributed by atoms with Gasteiger partial charge in [-0.1, -0.05) is 42.1 Å². The summed E-state index contributed by atoms with van der Waals surface area (Å²) in [5.41, 5.74) is 3.13. The zero-order valence-corrected chi connectivity index (χ0v) is 15.8. The van der Waals surface area contributed by atoms with Crippen molar-refractivity contribution in [3.05, 3.63) is 66.4 Å². The maximum absolute atomic E-state index is 12.2. The van der Waals surface area contributed by atoms with Crippen LogP contribution in [0.2, 0.25) is 0 Å². The molecule has 1 N–H and O–H groups in total. The van der Waals surface area contributed by atoms with Crippen LogP contribution in [0, 0.1) is 0 Å². The smallest absolute Gasteiger partial charge is 0.337 e. The normalized spacial score (nSPS) is 10.4. The van der Waals surface area contributed by atoms with E-state index in [1.54, 1.807) is 30.5 Å². The van der Waals surface area contributed by atoms with Gasteiger partial charge in [0.05, 0.1) is 30.3 Å². The van der Waals surface area contributed by atoms with Crippen molar-refractivity contribution in [2.75, 3.05) is 18.2 Å². The van der Waals surface area contributed by atoms with Gasteiger partial charge in [0, 0.05) is 12.7 Å². The first kappa shape index (κ1) is 18.7. The first-order valence-electron chi connectivity index (χ1n) is 8.26. The number of amides is 1. The minimum absolute atomic E-state index is 0.143. The van der Waals surface area contributed by atoms with Crippen LogP contribution in [0.5, 0.6) is 0 Å². The number of hydrogen-bond acceptors (Lipinski definition) is 5. The van der Waals surface area contributed by atoms with Crippen molar-refractivity contribution in [2.24, 2.45) is 7.05 Å². The average Bonchev–Trinajstić information content (AvgIpc) is 3.07. The Morgan fingerprint density at radius 3 is 2.48 bits per heavy atom. The van der Waals surface area contributed by atoms with Crippen molar-refractivity contribution in [3.8, 4) is 11.3 Å². The Labute approximate surface area is 161 Å². The van der Waals surface area contributed by atoms with Crippen molar-refractivity contribution in [2.45, 2.75) is 5.16 Å². The second-order valence-electron chi connectivity index (χ2n) is 5.76. The molecule has 1 amide bonds. The SMILES string of the molecule is COC(=O)c1ccc(NC(=O)CSc2ncc(-c3ccccc3)n2C)cc1. The molecule has 0 aliphatic heterocycles. The Morgan fingerprint density at radius 1 is 1.11 bits per heavy atom. The van der Waals surface area contributed by atoms with Gasteiger partial charge in [-0.2, -0.15) is 0 Å². The Bertz CT molecular complexity index is 937. The predicted octanol–water partition coefficient (Wildman–Crippen LogP) is 3.60. The third-order valence-electron chi connectivity index (χ3n) is 3.94. The summed E-state index contributed by atoms with van der Waals surface area (Å²) < 4.78 is 6.62. The number of anilines is 1. The molecular weight excluding hydrogens is 362 g/mol. The lowest BCUT2D eigenvalue weighted by molar-refractivity contribution is -0.113. The molecule has 0 radical (unpaired) electrons. The van der Waals surface area contributed by atoms with E-state index in [-0.39, 0.29) is 11.7 Å². The van der Waals surface area contributed by atoms with E-state index in [0.717, 1.165) is 16.4 Å². The van der Waals surface area contributed by atoms with E-state index in [1.165, 1.54) is 18.9 Å². The van der Waals surface area contributed by atoms with Crippen molar-refractivity contribution in [1.82, 2.24) is 9.55 Å². The van der Waals surface area contributed by atoms with Gasteiger partial charge in [-0.05, 0) is 29.8 Å². The van der Waals surface area contributed by atoms with Gasteiger partial charge < -0.3 is 14.6 Å². The fraction of sp³-hybridized carbons (Fsp3) is 0.150. The Kier molecular flexibility index (Phi) is 5.93. The van der Waals surface area contributed by atoms with Gasteiger partial charge in [-0.15, -0.1) is 0 Å². The number of carbonyl (C=O) groups excluding carboxylic acids is 2. The van der Waals surface area contributed by atoms with Crippen molar-refractivity contribution in [3.63, 3.8) is 0 Å². The molecule has 0 aliphatic rings. The molecule has 0 fully saturated rings. The van der Waals surface area contributed by atoms with Crippen LogP contribution in [-0.4, -0.2) is 34.3 Å². The topological polar surface area (TPSA) is 73.2 Å². The van der Waals surface area contributed by atoms with Gasteiger partial charge in [0.1, 0.15) is 0 Å². The van der Waals surface area contributed by atoms with Crippen molar-refractivity contribution >= 4 is 29.3 Å². The largest absolute Gasteiger partial charge is 0.465 e. The molecule has 27 heavy (non-hydrogen) atoms. The number of methoxy groups -OCH3 is 1. The number of thioether (sulfide) groups is 1. The molecule has 0 spiro atoms. The van der Waals surface area contributed by atoms with Gasteiger partial charge in [0.15, 0.2) is 5.16 Å².